The molecule has 0 heterocycles. The van der Waals surface area contributed by atoms with Gasteiger partial charge in [-0.1, -0.05) is 66.7 Å². The molecule has 0 aliphatic rings. The maximum Gasteiger partial charge on any atom is 0.248 e. The number of para-hydroxylation sites is 2. The van der Waals surface area contributed by atoms with Gasteiger partial charge in [-0.05, 0) is 36.2 Å². The number of nitrogens with zero attached hydrogens (tertiary/aromatic N) is 1. The summed E-state index contributed by atoms with van der Waals surface area (Å²) in [5, 5.41) is 0. The molecule has 0 bridgehead atoms. The Labute approximate surface area is 142 Å². The summed E-state index contributed by atoms with van der Waals surface area (Å²) in [6.45, 7) is 0. The van der Waals surface area contributed by atoms with Crippen LogP contribution in [-0.4, -0.2) is 11.9 Å². The number of rotatable bonds is 5. The van der Waals surface area contributed by atoms with Crippen molar-refractivity contribution in [1.29, 1.82) is 0 Å². The minimum Gasteiger partial charge on any atom is -0.320 e. The van der Waals surface area contributed by atoms with Gasteiger partial charge in [0.2, 0.25) is 5.91 Å². The van der Waals surface area contributed by atoms with E-state index in [1.54, 1.807) is 4.90 Å². The van der Waals surface area contributed by atoms with Crippen molar-refractivity contribution < 1.29 is 4.79 Å². The first-order chi connectivity index (χ1) is 11.8. The van der Waals surface area contributed by atoms with Crippen LogP contribution in [0.15, 0.2) is 91.0 Å². The lowest BCUT2D eigenvalue weighted by molar-refractivity contribution is -0.119. The highest BCUT2D eigenvalue weighted by molar-refractivity contribution is 6.03. The highest BCUT2D eigenvalue weighted by atomic mass is 16.2. The lowest BCUT2D eigenvalue weighted by Gasteiger charge is -2.26. The van der Waals surface area contributed by atoms with Crippen LogP contribution in [0.3, 0.4) is 0 Å². The predicted octanol–water partition coefficient (Wildman–Crippen LogP) is 3.92. The zero-order valence-electron chi connectivity index (χ0n) is 13.4. The molecule has 120 valence electrons. The molecule has 0 spiro atoms. The van der Waals surface area contributed by atoms with Crippen molar-refractivity contribution in [3.63, 3.8) is 0 Å². The molecule has 3 aromatic rings. The normalized spacial score (nSPS) is 11.7. The molecule has 3 nitrogen and oxygen atoms in total. The zero-order chi connectivity index (χ0) is 16.8. The fourth-order valence-electron chi connectivity index (χ4n) is 2.68. The van der Waals surface area contributed by atoms with E-state index < -0.39 is 6.04 Å². The molecule has 0 saturated carbocycles. The molecule has 0 aromatic heterocycles. The Balaban J connectivity index is 1.89. The van der Waals surface area contributed by atoms with Gasteiger partial charge in [-0.25, -0.2) is 0 Å². The average Bonchev–Trinajstić information content (AvgIpc) is 2.64. The fourth-order valence-corrected chi connectivity index (χ4v) is 2.68. The van der Waals surface area contributed by atoms with Crippen molar-refractivity contribution in [3.05, 3.63) is 96.6 Å². The van der Waals surface area contributed by atoms with E-state index in [1.807, 2.05) is 91.0 Å². The summed E-state index contributed by atoms with van der Waals surface area (Å²) < 4.78 is 0. The standard InChI is InChI=1S/C21H20N2O/c22-20(16-17-10-4-1-5-11-17)21(24)23(18-12-6-2-7-13-18)19-14-8-3-9-15-19/h1-15,20H,16,22H2. The highest BCUT2D eigenvalue weighted by Gasteiger charge is 2.24. The van der Waals surface area contributed by atoms with Crippen LogP contribution in [0.25, 0.3) is 0 Å². The number of anilines is 2. The fraction of sp³-hybridized carbons (Fsp3) is 0.0952. The average molecular weight is 316 g/mol. The van der Waals surface area contributed by atoms with E-state index >= 15 is 0 Å². The third kappa shape index (κ3) is 3.70. The molecular weight excluding hydrogens is 296 g/mol. The second kappa shape index (κ2) is 7.57. The second-order valence-electron chi connectivity index (χ2n) is 5.64. The van der Waals surface area contributed by atoms with Crippen molar-refractivity contribution in [3.8, 4) is 0 Å². The number of hydrogen-bond acceptors (Lipinski definition) is 2. The van der Waals surface area contributed by atoms with Crippen molar-refractivity contribution in [2.75, 3.05) is 4.90 Å². The van der Waals surface area contributed by atoms with E-state index in [4.69, 9.17) is 5.73 Å². The Morgan fingerprint density at radius 3 is 1.62 bits per heavy atom. The van der Waals surface area contributed by atoms with Gasteiger partial charge in [0.05, 0.1) is 6.04 Å². The van der Waals surface area contributed by atoms with E-state index in [9.17, 15) is 4.79 Å². The Bertz CT molecular complexity index is 733. The maximum absolute atomic E-state index is 13.0. The molecule has 3 rings (SSSR count). The van der Waals surface area contributed by atoms with Crippen LogP contribution in [0, 0.1) is 0 Å². The van der Waals surface area contributed by atoms with Gasteiger partial charge in [0.25, 0.3) is 0 Å². The van der Waals surface area contributed by atoms with Gasteiger partial charge in [0, 0.05) is 11.4 Å². The third-order valence-electron chi connectivity index (χ3n) is 3.86. The monoisotopic (exact) mass is 316 g/mol. The lowest BCUT2D eigenvalue weighted by atomic mass is 10.0. The zero-order valence-corrected chi connectivity index (χ0v) is 13.4. The van der Waals surface area contributed by atoms with Crippen molar-refractivity contribution in [2.45, 2.75) is 12.5 Å². The molecule has 3 aromatic carbocycles. The molecule has 2 N–H and O–H groups in total. The van der Waals surface area contributed by atoms with Gasteiger partial charge in [-0.2, -0.15) is 0 Å². The molecule has 24 heavy (non-hydrogen) atoms. The molecule has 1 amide bonds. The lowest BCUT2D eigenvalue weighted by Crippen LogP contribution is -2.42. The minimum absolute atomic E-state index is 0.115. The van der Waals surface area contributed by atoms with Crippen LogP contribution >= 0.6 is 0 Å². The first kappa shape index (κ1) is 16.0. The summed E-state index contributed by atoms with van der Waals surface area (Å²) in [5.74, 6) is -0.115. The van der Waals surface area contributed by atoms with Gasteiger partial charge in [-0.3, -0.25) is 9.69 Å². The first-order valence-electron chi connectivity index (χ1n) is 7.99. The van der Waals surface area contributed by atoms with Gasteiger partial charge in [0.1, 0.15) is 0 Å². The molecule has 0 aliphatic carbocycles. The summed E-state index contributed by atoms with van der Waals surface area (Å²) >= 11 is 0. The number of carbonyl (C=O) groups is 1. The summed E-state index contributed by atoms with van der Waals surface area (Å²) in [4.78, 5) is 14.7. The molecule has 1 atom stereocenters. The van der Waals surface area contributed by atoms with Crippen LogP contribution < -0.4 is 10.6 Å². The maximum atomic E-state index is 13.0. The largest absolute Gasteiger partial charge is 0.320 e. The first-order valence-corrected chi connectivity index (χ1v) is 7.99. The van der Waals surface area contributed by atoms with Crippen molar-refractivity contribution >= 4 is 17.3 Å². The SMILES string of the molecule is NC(Cc1ccccc1)C(=O)N(c1ccccc1)c1ccccc1. The molecule has 3 heteroatoms. The van der Waals surface area contributed by atoms with E-state index in [2.05, 4.69) is 0 Å². The molecule has 0 radical (unpaired) electrons. The van der Waals surface area contributed by atoms with Crippen LogP contribution in [-0.2, 0) is 11.2 Å². The van der Waals surface area contributed by atoms with Crippen molar-refractivity contribution in [2.24, 2.45) is 5.73 Å². The van der Waals surface area contributed by atoms with E-state index in [1.165, 1.54) is 0 Å². The van der Waals surface area contributed by atoms with E-state index in [-0.39, 0.29) is 5.91 Å². The van der Waals surface area contributed by atoms with Gasteiger partial charge in [-0.15, -0.1) is 0 Å². The van der Waals surface area contributed by atoms with Crippen LogP contribution in [0.4, 0.5) is 11.4 Å². The number of benzene rings is 3. The summed E-state index contributed by atoms with van der Waals surface area (Å²) in [6.07, 6.45) is 0.510. The third-order valence-corrected chi connectivity index (χ3v) is 3.86. The van der Waals surface area contributed by atoms with E-state index in [0.717, 1.165) is 16.9 Å². The Morgan fingerprint density at radius 1 is 0.750 bits per heavy atom. The van der Waals surface area contributed by atoms with Gasteiger partial charge >= 0.3 is 0 Å². The molecular formula is C21H20N2O. The number of nitrogens with two attached hydrogens (primary N) is 1. The topological polar surface area (TPSA) is 46.3 Å². The van der Waals surface area contributed by atoms with Gasteiger partial charge < -0.3 is 5.73 Å². The second-order valence-corrected chi connectivity index (χ2v) is 5.64. The Morgan fingerprint density at radius 2 is 1.17 bits per heavy atom. The summed E-state index contributed by atoms with van der Waals surface area (Å²) in [7, 11) is 0. The van der Waals surface area contributed by atoms with Crippen LogP contribution in [0.1, 0.15) is 5.56 Å². The quantitative estimate of drug-likeness (QED) is 0.775. The summed E-state index contributed by atoms with van der Waals surface area (Å²) in [6, 6.07) is 28.4. The minimum atomic E-state index is -0.604. The van der Waals surface area contributed by atoms with Crippen LogP contribution in [0.5, 0.6) is 0 Å². The number of carbonyl (C=O) groups excluding carboxylic acids is 1. The smallest absolute Gasteiger partial charge is 0.248 e. The molecule has 0 aliphatic heterocycles. The predicted molar refractivity (Wildman–Crippen MR) is 98.2 cm³/mol. The number of hydrogen-bond donors (Lipinski definition) is 1. The Kier molecular flexibility index (Phi) is 5.04. The van der Waals surface area contributed by atoms with E-state index in [0.29, 0.717) is 6.42 Å². The molecule has 1 unspecified atom stereocenters. The Hall–Kier alpha value is -2.91. The number of amides is 1. The van der Waals surface area contributed by atoms with Crippen LogP contribution in [0.2, 0.25) is 0 Å². The molecule has 0 saturated heterocycles. The van der Waals surface area contributed by atoms with Gasteiger partial charge in [0.15, 0.2) is 0 Å². The summed E-state index contributed by atoms with van der Waals surface area (Å²) in [5.41, 5.74) is 8.92. The highest BCUT2D eigenvalue weighted by Crippen LogP contribution is 2.26. The van der Waals surface area contributed by atoms with Crippen molar-refractivity contribution in [1.82, 2.24) is 0 Å². The molecule has 0 fully saturated rings.